The van der Waals surface area contributed by atoms with E-state index in [0.717, 1.165) is 55.4 Å². The summed E-state index contributed by atoms with van der Waals surface area (Å²) in [5, 5.41) is 3.42. The van der Waals surface area contributed by atoms with E-state index in [1.807, 2.05) is 24.4 Å². The number of rotatable bonds is 6. The number of aryl methyl sites for hydroxylation is 1. The van der Waals surface area contributed by atoms with Crippen molar-refractivity contribution in [2.75, 3.05) is 40.4 Å². The molecular formula is C20H27N3O2. The molecule has 25 heavy (non-hydrogen) atoms. The largest absolute Gasteiger partial charge is 0.496 e. The van der Waals surface area contributed by atoms with Crippen molar-refractivity contribution >= 4 is 0 Å². The molecule has 0 radical (unpaired) electrons. The van der Waals surface area contributed by atoms with E-state index in [4.69, 9.17) is 14.5 Å². The standard InChI is InChI=1S/C20H27N3O2/c1-4-15-8-9-16(22-14-15)20(23-12-10-21-11-13-23)19-17(24-2)6-5-7-18(19)25-3/h5-9,14,20-21H,4,10-13H2,1-3H3. The van der Waals surface area contributed by atoms with Gasteiger partial charge in [-0.1, -0.05) is 19.1 Å². The number of pyridine rings is 1. The maximum atomic E-state index is 5.68. The molecule has 3 rings (SSSR count). The van der Waals surface area contributed by atoms with Gasteiger partial charge in [-0.05, 0) is 30.2 Å². The Labute approximate surface area is 150 Å². The fourth-order valence-corrected chi connectivity index (χ4v) is 3.41. The fraction of sp³-hybridized carbons (Fsp3) is 0.450. The van der Waals surface area contributed by atoms with Gasteiger partial charge >= 0.3 is 0 Å². The zero-order valence-corrected chi connectivity index (χ0v) is 15.3. The van der Waals surface area contributed by atoms with Crippen molar-refractivity contribution in [3.05, 3.63) is 53.3 Å². The highest BCUT2D eigenvalue weighted by Crippen LogP contribution is 2.40. The maximum Gasteiger partial charge on any atom is 0.127 e. The van der Waals surface area contributed by atoms with Gasteiger partial charge in [0.1, 0.15) is 11.5 Å². The van der Waals surface area contributed by atoms with Gasteiger partial charge in [0.05, 0.1) is 31.5 Å². The van der Waals surface area contributed by atoms with Crippen molar-refractivity contribution in [1.82, 2.24) is 15.2 Å². The number of nitrogens with zero attached hydrogens (tertiary/aromatic N) is 2. The van der Waals surface area contributed by atoms with Gasteiger partial charge < -0.3 is 14.8 Å². The summed E-state index contributed by atoms with van der Waals surface area (Å²) in [7, 11) is 3.42. The smallest absolute Gasteiger partial charge is 0.127 e. The van der Waals surface area contributed by atoms with Crippen molar-refractivity contribution in [3.8, 4) is 11.5 Å². The Morgan fingerprint density at radius 1 is 1.08 bits per heavy atom. The minimum Gasteiger partial charge on any atom is -0.496 e. The molecule has 5 heteroatoms. The third kappa shape index (κ3) is 3.78. The van der Waals surface area contributed by atoms with Crippen LogP contribution in [0.15, 0.2) is 36.5 Å². The molecule has 0 spiro atoms. The third-order valence-corrected chi connectivity index (χ3v) is 4.79. The van der Waals surface area contributed by atoms with Gasteiger partial charge in [-0.2, -0.15) is 0 Å². The molecule has 1 atom stereocenters. The first-order chi connectivity index (χ1) is 12.3. The van der Waals surface area contributed by atoms with Gasteiger partial charge in [0.15, 0.2) is 0 Å². The zero-order valence-electron chi connectivity index (χ0n) is 15.3. The van der Waals surface area contributed by atoms with E-state index >= 15 is 0 Å². The molecule has 0 aliphatic carbocycles. The Hall–Kier alpha value is -2.11. The van der Waals surface area contributed by atoms with E-state index in [0.29, 0.717) is 0 Å². The monoisotopic (exact) mass is 341 g/mol. The highest BCUT2D eigenvalue weighted by atomic mass is 16.5. The van der Waals surface area contributed by atoms with Crippen molar-refractivity contribution in [3.63, 3.8) is 0 Å². The van der Waals surface area contributed by atoms with Gasteiger partial charge in [-0.25, -0.2) is 0 Å². The van der Waals surface area contributed by atoms with Crippen LogP contribution in [0, 0.1) is 0 Å². The summed E-state index contributed by atoms with van der Waals surface area (Å²) in [6.45, 7) is 6.02. The molecule has 2 aromatic rings. The van der Waals surface area contributed by atoms with Gasteiger partial charge in [0, 0.05) is 32.4 Å². The molecule has 1 aromatic heterocycles. The van der Waals surface area contributed by atoms with E-state index in [1.54, 1.807) is 14.2 Å². The van der Waals surface area contributed by atoms with Crippen molar-refractivity contribution < 1.29 is 9.47 Å². The second-order valence-electron chi connectivity index (χ2n) is 6.21. The van der Waals surface area contributed by atoms with E-state index in [9.17, 15) is 0 Å². The lowest BCUT2D eigenvalue weighted by Gasteiger charge is -2.36. The first-order valence-electron chi connectivity index (χ1n) is 8.89. The van der Waals surface area contributed by atoms with E-state index in [2.05, 4.69) is 29.3 Å². The molecule has 2 heterocycles. The van der Waals surface area contributed by atoms with Gasteiger partial charge in [-0.15, -0.1) is 0 Å². The molecule has 1 unspecified atom stereocenters. The summed E-state index contributed by atoms with van der Waals surface area (Å²) in [5.74, 6) is 1.67. The third-order valence-electron chi connectivity index (χ3n) is 4.79. The van der Waals surface area contributed by atoms with E-state index < -0.39 is 0 Å². The second-order valence-corrected chi connectivity index (χ2v) is 6.21. The van der Waals surface area contributed by atoms with Gasteiger partial charge in [0.2, 0.25) is 0 Å². The molecule has 0 amide bonds. The molecular weight excluding hydrogens is 314 g/mol. The average molecular weight is 341 g/mol. The number of piperazine rings is 1. The van der Waals surface area contributed by atoms with Gasteiger partial charge in [0.25, 0.3) is 0 Å². The highest BCUT2D eigenvalue weighted by Gasteiger charge is 2.30. The van der Waals surface area contributed by atoms with E-state index in [-0.39, 0.29) is 6.04 Å². The second kappa shape index (κ2) is 8.32. The Bertz CT molecular complexity index is 660. The van der Waals surface area contributed by atoms with Crippen molar-refractivity contribution in [2.24, 2.45) is 0 Å². The number of methoxy groups -OCH3 is 2. The minimum atomic E-state index is 0.0131. The maximum absolute atomic E-state index is 5.68. The Morgan fingerprint density at radius 2 is 1.76 bits per heavy atom. The van der Waals surface area contributed by atoms with Crippen LogP contribution in [-0.2, 0) is 6.42 Å². The predicted octanol–water partition coefficient (Wildman–Crippen LogP) is 2.66. The summed E-state index contributed by atoms with van der Waals surface area (Å²) < 4.78 is 11.4. The quantitative estimate of drug-likeness (QED) is 0.875. The SMILES string of the molecule is CCc1ccc(C(c2c(OC)cccc2OC)N2CCNCC2)nc1. The molecule has 1 aliphatic rings. The lowest BCUT2D eigenvalue weighted by atomic mass is 9.97. The first-order valence-corrected chi connectivity index (χ1v) is 8.89. The molecule has 1 aliphatic heterocycles. The minimum absolute atomic E-state index is 0.0131. The number of ether oxygens (including phenoxy) is 2. The van der Waals surface area contributed by atoms with Gasteiger partial charge in [-0.3, -0.25) is 9.88 Å². The zero-order chi connectivity index (χ0) is 17.6. The summed E-state index contributed by atoms with van der Waals surface area (Å²) in [4.78, 5) is 7.23. The van der Waals surface area contributed by atoms with Crippen LogP contribution >= 0.6 is 0 Å². The Morgan fingerprint density at radius 3 is 2.28 bits per heavy atom. The molecule has 5 nitrogen and oxygen atoms in total. The van der Waals surface area contributed by atoms with Crippen LogP contribution in [-0.4, -0.2) is 50.3 Å². The predicted molar refractivity (Wildman–Crippen MR) is 99.4 cm³/mol. The lowest BCUT2D eigenvalue weighted by Crippen LogP contribution is -2.45. The summed E-state index contributed by atoms with van der Waals surface area (Å²) in [6.07, 6.45) is 2.97. The van der Waals surface area contributed by atoms with Crippen LogP contribution in [0.2, 0.25) is 0 Å². The van der Waals surface area contributed by atoms with Crippen LogP contribution in [0.5, 0.6) is 11.5 Å². The Kier molecular flexibility index (Phi) is 5.89. The average Bonchev–Trinajstić information content (AvgIpc) is 2.69. The van der Waals surface area contributed by atoms with E-state index in [1.165, 1.54) is 5.56 Å². The van der Waals surface area contributed by atoms with Crippen molar-refractivity contribution in [2.45, 2.75) is 19.4 Å². The number of aromatic nitrogens is 1. The van der Waals surface area contributed by atoms with Crippen LogP contribution in [0.1, 0.15) is 29.8 Å². The Balaban J connectivity index is 2.10. The van der Waals surface area contributed by atoms with Crippen LogP contribution in [0.3, 0.4) is 0 Å². The number of hydrogen-bond acceptors (Lipinski definition) is 5. The van der Waals surface area contributed by atoms with Crippen LogP contribution in [0.25, 0.3) is 0 Å². The summed E-state index contributed by atoms with van der Waals surface area (Å²) in [6, 6.07) is 10.3. The summed E-state index contributed by atoms with van der Waals surface area (Å²) in [5.41, 5.74) is 3.32. The molecule has 134 valence electrons. The lowest BCUT2D eigenvalue weighted by molar-refractivity contribution is 0.189. The van der Waals surface area contributed by atoms with Crippen LogP contribution < -0.4 is 14.8 Å². The summed E-state index contributed by atoms with van der Waals surface area (Å²) >= 11 is 0. The topological polar surface area (TPSA) is 46.6 Å². The number of nitrogens with one attached hydrogen (secondary N) is 1. The molecule has 1 N–H and O–H groups in total. The normalized spacial score (nSPS) is 16.4. The number of benzene rings is 1. The molecule has 1 fully saturated rings. The molecule has 1 saturated heterocycles. The van der Waals surface area contributed by atoms with Crippen LogP contribution in [0.4, 0.5) is 0 Å². The fourth-order valence-electron chi connectivity index (χ4n) is 3.41. The highest BCUT2D eigenvalue weighted by molar-refractivity contribution is 5.50. The molecule has 0 saturated carbocycles. The number of hydrogen-bond donors (Lipinski definition) is 1. The molecule has 1 aromatic carbocycles. The van der Waals surface area contributed by atoms with Crippen molar-refractivity contribution in [1.29, 1.82) is 0 Å². The molecule has 0 bridgehead atoms. The first kappa shape index (κ1) is 17.7.